The number of thioether (sulfide) groups is 1. The fourth-order valence-electron chi connectivity index (χ4n) is 3.31. The fourth-order valence-corrected chi connectivity index (χ4v) is 4.60. The Morgan fingerprint density at radius 2 is 2.33 bits per heavy atom. The zero-order chi connectivity index (χ0) is 10.9. The SMILES string of the molecule is CC1CCC(CN)(C(O)C2CCSC2)C1. The minimum absolute atomic E-state index is 0.0506. The Bertz CT molecular complexity index is 218. The van der Waals surface area contributed by atoms with Crippen LogP contribution in [0.2, 0.25) is 0 Å². The molecule has 0 bridgehead atoms. The van der Waals surface area contributed by atoms with Gasteiger partial charge in [-0.25, -0.2) is 0 Å². The molecule has 1 aliphatic heterocycles. The van der Waals surface area contributed by atoms with Gasteiger partial charge in [0, 0.05) is 12.0 Å². The number of aliphatic hydroxyl groups excluding tert-OH is 1. The van der Waals surface area contributed by atoms with Crippen molar-refractivity contribution in [2.45, 2.75) is 38.7 Å². The molecular weight excluding hydrogens is 206 g/mol. The highest BCUT2D eigenvalue weighted by Gasteiger charge is 2.45. The highest BCUT2D eigenvalue weighted by molar-refractivity contribution is 7.99. The first-order valence-electron chi connectivity index (χ1n) is 6.14. The lowest BCUT2D eigenvalue weighted by molar-refractivity contribution is -0.00545. The standard InChI is InChI=1S/C12H23NOS/c1-9-2-4-12(6-9,8-13)11(14)10-3-5-15-7-10/h9-11,14H,2-8,13H2,1H3. The monoisotopic (exact) mass is 229 g/mol. The van der Waals surface area contributed by atoms with Gasteiger partial charge in [-0.15, -0.1) is 0 Å². The molecule has 0 amide bonds. The van der Waals surface area contributed by atoms with Gasteiger partial charge in [0.25, 0.3) is 0 Å². The molecule has 4 atom stereocenters. The van der Waals surface area contributed by atoms with Crippen molar-refractivity contribution in [3.05, 3.63) is 0 Å². The molecule has 3 N–H and O–H groups in total. The third-order valence-electron chi connectivity index (χ3n) is 4.34. The van der Waals surface area contributed by atoms with Gasteiger partial charge in [-0.1, -0.05) is 13.3 Å². The number of hydrogen-bond donors (Lipinski definition) is 2. The van der Waals surface area contributed by atoms with Crippen molar-refractivity contribution in [3.8, 4) is 0 Å². The quantitative estimate of drug-likeness (QED) is 0.776. The highest BCUT2D eigenvalue weighted by atomic mass is 32.2. The van der Waals surface area contributed by atoms with E-state index >= 15 is 0 Å². The van der Waals surface area contributed by atoms with Crippen LogP contribution >= 0.6 is 11.8 Å². The summed E-state index contributed by atoms with van der Waals surface area (Å²) in [4.78, 5) is 0. The second-order valence-electron chi connectivity index (χ2n) is 5.48. The molecule has 0 aromatic carbocycles. The van der Waals surface area contributed by atoms with Gasteiger partial charge in [0.2, 0.25) is 0 Å². The van der Waals surface area contributed by atoms with E-state index < -0.39 is 0 Å². The summed E-state index contributed by atoms with van der Waals surface area (Å²) in [6.07, 6.45) is 4.54. The maximum Gasteiger partial charge on any atom is 0.0644 e. The zero-order valence-electron chi connectivity index (χ0n) is 9.61. The first kappa shape index (κ1) is 11.7. The molecule has 88 valence electrons. The normalized spacial score (nSPS) is 43.4. The van der Waals surface area contributed by atoms with Gasteiger partial charge >= 0.3 is 0 Å². The van der Waals surface area contributed by atoms with E-state index in [2.05, 4.69) is 6.92 Å². The lowest BCUT2D eigenvalue weighted by Crippen LogP contribution is -2.44. The summed E-state index contributed by atoms with van der Waals surface area (Å²) in [6.45, 7) is 2.95. The van der Waals surface area contributed by atoms with E-state index in [4.69, 9.17) is 5.73 Å². The molecule has 2 rings (SSSR count). The molecule has 2 aliphatic rings. The van der Waals surface area contributed by atoms with E-state index in [9.17, 15) is 5.11 Å². The molecule has 1 saturated heterocycles. The summed E-state index contributed by atoms with van der Waals surface area (Å²) in [7, 11) is 0. The van der Waals surface area contributed by atoms with Crippen LogP contribution in [0.5, 0.6) is 0 Å². The first-order valence-corrected chi connectivity index (χ1v) is 7.29. The summed E-state index contributed by atoms with van der Waals surface area (Å²) in [5, 5.41) is 10.5. The zero-order valence-corrected chi connectivity index (χ0v) is 10.4. The van der Waals surface area contributed by atoms with Gasteiger partial charge in [-0.3, -0.25) is 0 Å². The maximum absolute atomic E-state index is 10.5. The molecule has 1 heterocycles. The minimum Gasteiger partial charge on any atom is -0.392 e. The van der Waals surface area contributed by atoms with Gasteiger partial charge in [0.05, 0.1) is 6.10 Å². The third kappa shape index (κ3) is 2.20. The summed E-state index contributed by atoms with van der Waals surface area (Å²) in [5.74, 6) is 3.61. The second-order valence-corrected chi connectivity index (χ2v) is 6.63. The van der Waals surface area contributed by atoms with Crippen molar-refractivity contribution in [2.75, 3.05) is 18.1 Å². The number of nitrogens with two attached hydrogens (primary N) is 1. The highest BCUT2D eigenvalue weighted by Crippen LogP contribution is 2.47. The Morgan fingerprint density at radius 3 is 2.80 bits per heavy atom. The molecule has 2 fully saturated rings. The molecule has 1 saturated carbocycles. The predicted molar refractivity (Wildman–Crippen MR) is 65.9 cm³/mol. The van der Waals surface area contributed by atoms with E-state index in [0.29, 0.717) is 12.5 Å². The predicted octanol–water partition coefficient (Wildman–Crippen LogP) is 1.87. The van der Waals surface area contributed by atoms with Crippen LogP contribution in [0.4, 0.5) is 0 Å². The van der Waals surface area contributed by atoms with Crippen LogP contribution in [0.1, 0.15) is 32.6 Å². The number of hydrogen-bond acceptors (Lipinski definition) is 3. The van der Waals surface area contributed by atoms with Crippen LogP contribution < -0.4 is 5.73 Å². The molecule has 1 aliphatic carbocycles. The van der Waals surface area contributed by atoms with Crippen LogP contribution in [-0.4, -0.2) is 29.3 Å². The largest absolute Gasteiger partial charge is 0.392 e. The van der Waals surface area contributed by atoms with E-state index in [1.807, 2.05) is 11.8 Å². The Balaban J connectivity index is 2.04. The first-order chi connectivity index (χ1) is 7.18. The van der Waals surface area contributed by atoms with Crippen molar-refractivity contribution < 1.29 is 5.11 Å². The summed E-state index contributed by atoms with van der Waals surface area (Å²) in [5.41, 5.74) is 5.98. The molecule has 0 radical (unpaired) electrons. The topological polar surface area (TPSA) is 46.2 Å². The van der Waals surface area contributed by atoms with Crippen LogP contribution in [0.3, 0.4) is 0 Å². The molecule has 0 aromatic heterocycles. The van der Waals surface area contributed by atoms with Crippen molar-refractivity contribution in [1.82, 2.24) is 0 Å². The lowest BCUT2D eigenvalue weighted by Gasteiger charge is -2.36. The fraction of sp³-hybridized carbons (Fsp3) is 1.00. The molecular formula is C12H23NOS. The summed E-state index contributed by atoms with van der Waals surface area (Å²) < 4.78 is 0. The van der Waals surface area contributed by atoms with Gasteiger partial charge in [0.1, 0.15) is 0 Å². The van der Waals surface area contributed by atoms with Crippen LogP contribution in [0, 0.1) is 17.3 Å². The third-order valence-corrected chi connectivity index (χ3v) is 5.52. The van der Waals surface area contributed by atoms with Crippen molar-refractivity contribution in [1.29, 1.82) is 0 Å². The molecule has 0 spiro atoms. The van der Waals surface area contributed by atoms with Gasteiger partial charge < -0.3 is 10.8 Å². The second kappa shape index (κ2) is 4.64. The Hall–Kier alpha value is 0.270. The Kier molecular flexibility index (Phi) is 3.63. The van der Waals surface area contributed by atoms with Crippen LogP contribution in [-0.2, 0) is 0 Å². The Labute approximate surface area is 97.0 Å². The van der Waals surface area contributed by atoms with Gasteiger partial charge in [0.15, 0.2) is 0 Å². The molecule has 4 unspecified atom stereocenters. The molecule has 2 nitrogen and oxygen atoms in total. The van der Waals surface area contributed by atoms with Gasteiger partial charge in [-0.05, 0) is 42.6 Å². The van der Waals surface area contributed by atoms with Crippen molar-refractivity contribution in [3.63, 3.8) is 0 Å². The molecule has 3 heteroatoms. The van der Waals surface area contributed by atoms with Crippen molar-refractivity contribution in [2.24, 2.45) is 23.0 Å². The van der Waals surface area contributed by atoms with E-state index in [1.165, 1.54) is 18.6 Å². The molecule has 15 heavy (non-hydrogen) atoms. The van der Waals surface area contributed by atoms with Gasteiger partial charge in [-0.2, -0.15) is 11.8 Å². The summed E-state index contributed by atoms with van der Waals surface area (Å²) >= 11 is 1.98. The number of aliphatic hydroxyl groups is 1. The summed E-state index contributed by atoms with van der Waals surface area (Å²) in [6, 6.07) is 0. The smallest absolute Gasteiger partial charge is 0.0644 e. The number of rotatable bonds is 3. The average molecular weight is 229 g/mol. The van der Waals surface area contributed by atoms with Crippen LogP contribution in [0.15, 0.2) is 0 Å². The molecule has 0 aromatic rings. The lowest BCUT2D eigenvalue weighted by atomic mass is 9.74. The van der Waals surface area contributed by atoms with E-state index in [0.717, 1.165) is 24.5 Å². The van der Waals surface area contributed by atoms with E-state index in [-0.39, 0.29) is 11.5 Å². The average Bonchev–Trinajstić information content (AvgIpc) is 2.86. The minimum atomic E-state index is -0.151. The Morgan fingerprint density at radius 1 is 1.53 bits per heavy atom. The van der Waals surface area contributed by atoms with Crippen LogP contribution in [0.25, 0.3) is 0 Å². The maximum atomic E-state index is 10.5. The van der Waals surface area contributed by atoms with Crippen molar-refractivity contribution >= 4 is 11.8 Å². The van der Waals surface area contributed by atoms with E-state index in [1.54, 1.807) is 0 Å².